The standard InChI is InChI=1S/C23H31N5O4/c1-4-9-24-22(30)28-14-18-13-27(20(29)12-17-6-5-7-19(11-17)31-3)10-8-23(18,15-28)21-26-25-16(2)32-21/h5-7,11,18H,4,8-10,12-15H2,1-3H3,(H,24,30)/t18-,23-/m0/s1. The van der Waals surface area contributed by atoms with Crippen LogP contribution in [0.5, 0.6) is 5.75 Å². The minimum atomic E-state index is -0.419. The van der Waals surface area contributed by atoms with Crippen molar-refractivity contribution in [2.24, 2.45) is 5.92 Å². The SMILES string of the molecule is CCCNC(=O)N1C[C@@H]2CN(C(=O)Cc3cccc(OC)c3)CC[C@]2(c2nnc(C)o2)C1. The molecule has 2 aliphatic rings. The number of urea groups is 1. The minimum absolute atomic E-state index is 0.0396. The van der Waals surface area contributed by atoms with Crippen LogP contribution in [0.4, 0.5) is 4.79 Å². The summed E-state index contributed by atoms with van der Waals surface area (Å²) in [4.78, 5) is 29.5. The maximum absolute atomic E-state index is 13.1. The van der Waals surface area contributed by atoms with Crippen LogP contribution in [0.2, 0.25) is 0 Å². The Morgan fingerprint density at radius 1 is 1.28 bits per heavy atom. The molecule has 1 N–H and O–H groups in total. The third-order valence-corrected chi connectivity index (χ3v) is 6.57. The minimum Gasteiger partial charge on any atom is -0.497 e. The molecule has 0 radical (unpaired) electrons. The second kappa shape index (κ2) is 9.18. The highest BCUT2D eigenvalue weighted by Gasteiger charge is 2.55. The molecule has 2 fully saturated rings. The number of aryl methyl sites for hydroxylation is 1. The molecule has 9 heteroatoms. The van der Waals surface area contributed by atoms with Gasteiger partial charge in [0, 0.05) is 45.6 Å². The summed E-state index contributed by atoms with van der Waals surface area (Å²) in [6.45, 7) is 6.66. The predicted octanol–water partition coefficient (Wildman–Crippen LogP) is 2.15. The number of aromatic nitrogens is 2. The van der Waals surface area contributed by atoms with E-state index in [1.165, 1.54) is 0 Å². The van der Waals surface area contributed by atoms with Crippen LogP contribution in [-0.4, -0.2) is 71.8 Å². The number of hydrogen-bond acceptors (Lipinski definition) is 6. The first-order chi connectivity index (χ1) is 15.4. The van der Waals surface area contributed by atoms with Crippen LogP contribution in [0, 0.1) is 12.8 Å². The molecule has 2 atom stereocenters. The van der Waals surface area contributed by atoms with Gasteiger partial charge in [-0.1, -0.05) is 19.1 Å². The number of ether oxygens (including phenoxy) is 1. The van der Waals surface area contributed by atoms with Crippen molar-refractivity contribution >= 4 is 11.9 Å². The molecule has 32 heavy (non-hydrogen) atoms. The van der Waals surface area contributed by atoms with Crippen LogP contribution >= 0.6 is 0 Å². The number of hydrogen-bond donors (Lipinski definition) is 1. The first-order valence-corrected chi connectivity index (χ1v) is 11.2. The van der Waals surface area contributed by atoms with Gasteiger partial charge in [0.25, 0.3) is 0 Å². The molecule has 172 valence electrons. The van der Waals surface area contributed by atoms with E-state index in [4.69, 9.17) is 9.15 Å². The smallest absolute Gasteiger partial charge is 0.317 e. The Kier molecular flexibility index (Phi) is 6.34. The quantitative estimate of drug-likeness (QED) is 0.737. The van der Waals surface area contributed by atoms with E-state index in [1.807, 2.05) is 41.0 Å². The van der Waals surface area contributed by atoms with Gasteiger partial charge in [0.1, 0.15) is 5.75 Å². The Labute approximate surface area is 188 Å². The first kappa shape index (κ1) is 22.1. The Hall–Kier alpha value is -3.10. The summed E-state index contributed by atoms with van der Waals surface area (Å²) < 4.78 is 11.1. The molecule has 3 heterocycles. The highest BCUT2D eigenvalue weighted by Crippen LogP contribution is 2.44. The maximum Gasteiger partial charge on any atom is 0.317 e. The number of benzene rings is 1. The summed E-state index contributed by atoms with van der Waals surface area (Å²) in [5.41, 5.74) is 0.503. The van der Waals surface area contributed by atoms with E-state index >= 15 is 0 Å². The zero-order valence-electron chi connectivity index (χ0n) is 19.0. The van der Waals surface area contributed by atoms with Gasteiger partial charge >= 0.3 is 6.03 Å². The van der Waals surface area contributed by atoms with Crippen molar-refractivity contribution in [3.05, 3.63) is 41.6 Å². The van der Waals surface area contributed by atoms with E-state index in [9.17, 15) is 9.59 Å². The zero-order chi connectivity index (χ0) is 22.7. The molecule has 0 saturated carbocycles. The number of nitrogens with one attached hydrogen (secondary N) is 1. The number of amides is 3. The fourth-order valence-corrected chi connectivity index (χ4v) is 4.82. The van der Waals surface area contributed by atoms with Crippen molar-refractivity contribution in [2.45, 2.75) is 38.5 Å². The normalized spacial score (nSPS) is 22.5. The van der Waals surface area contributed by atoms with E-state index in [0.29, 0.717) is 57.3 Å². The van der Waals surface area contributed by atoms with Crippen molar-refractivity contribution in [1.29, 1.82) is 0 Å². The second-order valence-electron chi connectivity index (χ2n) is 8.71. The molecule has 2 aromatic rings. The number of rotatable bonds is 6. The number of fused-ring (bicyclic) bond motifs is 1. The van der Waals surface area contributed by atoms with Crippen LogP contribution in [0.1, 0.15) is 37.1 Å². The summed E-state index contributed by atoms with van der Waals surface area (Å²) in [5, 5.41) is 11.3. The van der Waals surface area contributed by atoms with Crippen molar-refractivity contribution in [3.63, 3.8) is 0 Å². The Morgan fingerprint density at radius 2 is 2.09 bits per heavy atom. The van der Waals surface area contributed by atoms with E-state index in [0.717, 1.165) is 17.7 Å². The molecule has 0 aliphatic carbocycles. The molecule has 2 aliphatic heterocycles. The van der Waals surface area contributed by atoms with Gasteiger partial charge in [-0.15, -0.1) is 10.2 Å². The lowest BCUT2D eigenvalue weighted by molar-refractivity contribution is -0.133. The van der Waals surface area contributed by atoms with Gasteiger partial charge in [0.05, 0.1) is 18.9 Å². The van der Waals surface area contributed by atoms with Gasteiger partial charge in [0.15, 0.2) is 0 Å². The monoisotopic (exact) mass is 441 g/mol. The summed E-state index contributed by atoms with van der Waals surface area (Å²) in [6, 6.07) is 7.51. The van der Waals surface area contributed by atoms with Crippen LogP contribution in [0.15, 0.2) is 28.7 Å². The van der Waals surface area contributed by atoms with Gasteiger partial charge in [-0.2, -0.15) is 0 Å². The van der Waals surface area contributed by atoms with Gasteiger partial charge in [-0.05, 0) is 30.5 Å². The highest BCUT2D eigenvalue weighted by molar-refractivity contribution is 5.79. The predicted molar refractivity (Wildman–Crippen MR) is 117 cm³/mol. The van der Waals surface area contributed by atoms with Gasteiger partial charge in [-0.25, -0.2) is 4.79 Å². The largest absolute Gasteiger partial charge is 0.497 e. The lowest BCUT2D eigenvalue weighted by atomic mass is 9.72. The highest BCUT2D eigenvalue weighted by atomic mass is 16.5. The van der Waals surface area contributed by atoms with E-state index in [1.54, 1.807) is 14.0 Å². The number of methoxy groups -OCH3 is 1. The zero-order valence-corrected chi connectivity index (χ0v) is 19.0. The van der Waals surface area contributed by atoms with E-state index in [-0.39, 0.29) is 17.9 Å². The van der Waals surface area contributed by atoms with E-state index < -0.39 is 5.41 Å². The van der Waals surface area contributed by atoms with Crippen molar-refractivity contribution in [2.75, 3.05) is 39.8 Å². The summed E-state index contributed by atoms with van der Waals surface area (Å²) >= 11 is 0. The Morgan fingerprint density at radius 3 is 2.81 bits per heavy atom. The lowest BCUT2D eigenvalue weighted by Gasteiger charge is -2.41. The van der Waals surface area contributed by atoms with E-state index in [2.05, 4.69) is 15.5 Å². The Balaban J connectivity index is 1.51. The van der Waals surface area contributed by atoms with Crippen LogP contribution < -0.4 is 10.1 Å². The van der Waals surface area contributed by atoms with Crippen LogP contribution in [0.3, 0.4) is 0 Å². The average molecular weight is 442 g/mol. The fourth-order valence-electron chi connectivity index (χ4n) is 4.82. The molecule has 0 spiro atoms. The third-order valence-electron chi connectivity index (χ3n) is 6.57. The average Bonchev–Trinajstić information content (AvgIpc) is 3.41. The van der Waals surface area contributed by atoms with Crippen molar-refractivity contribution in [1.82, 2.24) is 25.3 Å². The number of carbonyl (C=O) groups excluding carboxylic acids is 2. The number of piperidine rings is 1. The van der Waals surface area contributed by atoms with Crippen molar-refractivity contribution < 1.29 is 18.7 Å². The molecule has 2 saturated heterocycles. The summed E-state index contributed by atoms with van der Waals surface area (Å²) in [5.74, 6) is 1.94. The topological polar surface area (TPSA) is 101 Å². The molecule has 9 nitrogen and oxygen atoms in total. The van der Waals surface area contributed by atoms with Gasteiger partial charge in [-0.3, -0.25) is 4.79 Å². The van der Waals surface area contributed by atoms with Crippen LogP contribution in [-0.2, 0) is 16.6 Å². The Bertz CT molecular complexity index is 977. The molecule has 4 rings (SSSR count). The maximum atomic E-state index is 13.1. The van der Waals surface area contributed by atoms with Crippen LogP contribution in [0.25, 0.3) is 0 Å². The molecule has 1 aromatic heterocycles. The lowest BCUT2D eigenvalue weighted by Crippen LogP contribution is -2.51. The summed E-state index contributed by atoms with van der Waals surface area (Å²) in [7, 11) is 1.62. The molecular formula is C23H31N5O4. The summed E-state index contributed by atoms with van der Waals surface area (Å²) in [6.07, 6.45) is 1.88. The third kappa shape index (κ3) is 4.28. The molecular weight excluding hydrogens is 410 g/mol. The number of likely N-dealkylation sites (tertiary alicyclic amines) is 2. The fraction of sp³-hybridized carbons (Fsp3) is 0.565. The second-order valence-corrected chi connectivity index (χ2v) is 8.71. The molecule has 1 aromatic carbocycles. The van der Waals surface area contributed by atoms with Crippen molar-refractivity contribution in [3.8, 4) is 5.75 Å². The molecule has 3 amide bonds. The molecule has 0 bridgehead atoms. The molecule has 0 unspecified atom stereocenters. The number of nitrogens with zero attached hydrogens (tertiary/aromatic N) is 4. The van der Waals surface area contributed by atoms with Gasteiger partial charge < -0.3 is 24.3 Å². The number of carbonyl (C=O) groups is 2. The van der Waals surface area contributed by atoms with Gasteiger partial charge in [0.2, 0.25) is 17.7 Å². The first-order valence-electron chi connectivity index (χ1n) is 11.2.